The van der Waals surface area contributed by atoms with E-state index >= 15 is 0 Å². The van der Waals surface area contributed by atoms with Gasteiger partial charge in [0.1, 0.15) is 17.4 Å². The van der Waals surface area contributed by atoms with E-state index in [1.54, 1.807) is 36.9 Å². The highest BCUT2D eigenvalue weighted by Crippen LogP contribution is 2.35. The van der Waals surface area contributed by atoms with E-state index in [9.17, 15) is 18.0 Å². The minimum absolute atomic E-state index is 0.180. The third kappa shape index (κ3) is 5.87. The van der Waals surface area contributed by atoms with Crippen molar-refractivity contribution in [2.24, 2.45) is 0 Å². The zero-order chi connectivity index (χ0) is 26.7. The first-order valence-corrected chi connectivity index (χ1v) is 12.1. The van der Waals surface area contributed by atoms with Crippen molar-refractivity contribution >= 4 is 28.3 Å². The molecule has 2 N–H and O–H groups in total. The Bertz CT molecular complexity index is 1290. The van der Waals surface area contributed by atoms with E-state index in [2.05, 4.69) is 20.6 Å². The van der Waals surface area contributed by atoms with Crippen LogP contribution in [0.4, 0.5) is 24.7 Å². The van der Waals surface area contributed by atoms with Gasteiger partial charge in [-0.15, -0.1) is 0 Å². The number of halogens is 3. The van der Waals surface area contributed by atoms with Crippen LogP contribution in [-0.4, -0.2) is 60.7 Å². The number of methoxy groups -OCH3 is 1. The highest BCUT2D eigenvalue weighted by molar-refractivity contribution is 6.02. The summed E-state index contributed by atoms with van der Waals surface area (Å²) in [5.41, 5.74) is 1.00. The molecule has 1 aliphatic rings. The summed E-state index contributed by atoms with van der Waals surface area (Å²) in [6.45, 7) is 7.71. The molecular weight excluding hydrogens is 487 g/mol. The van der Waals surface area contributed by atoms with Gasteiger partial charge in [0, 0.05) is 30.7 Å². The van der Waals surface area contributed by atoms with Gasteiger partial charge in [0.05, 0.1) is 43.0 Å². The maximum Gasteiger partial charge on any atom is 0.416 e. The number of aryl methyl sites for hydroxylation is 1. The van der Waals surface area contributed by atoms with E-state index < -0.39 is 17.8 Å². The number of nitrogens with one attached hydrogen (secondary N) is 2. The lowest BCUT2D eigenvalue weighted by molar-refractivity contribution is -0.137. The summed E-state index contributed by atoms with van der Waals surface area (Å²) >= 11 is 0. The van der Waals surface area contributed by atoms with Gasteiger partial charge in [-0.3, -0.25) is 4.79 Å². The molecule has 1 amide bonds. The number of amides is 1. The van der Waals surface area contributed by atoms with Crippen molar-refractivity contribution in [1.29, 1.82) is 0 Å². The highest BCUT2D eigenvalue weighted by atomic mass is 19.4. The molecule has 0 saturated carbocycles. The molecule has 0 bridgehead atoms. The number of anilines is 2. The van der Waals surface area contributed by atoms with Crippen LogP contribution < -0.4 is 15.4 Å². The minimum atomic E-state index is -4.48. The molecule has 1 fully saturated rings. The zero-order valence-electron chi connectivity index (χ0n) is 21.2. The molecule has 198 valence electrons. The average molecular weight is 518 g/mol. The van der Waals surface area contributed by atoms with E-state index in [1.807, 2.05) is 6.92 Å². The summed E-state index contributed by atoms with van der Waals surface area (Å²) in [7, 11) is 1.48. The summed E-state index contributed by atoms with van der Waals surface area (Å²) in [6, 6.07) is 6.76. The van der Waals surface area contributed by atoms with Gasteiger partial charge in [0.25, 0.3) is 5.91 Å². The van der Waals surface area contributed by atoms with Crippen molar-refractivity contribution in [2.75, 3.05) is 50.6 Å². The van der Waals surface area contributed by atoms with Crippen LogP contribution in [0.2, 0.25) is 0 Å². The molecule has 2 heterocycles. The maximum atomic E-state index is 13.5. The number of rotatable bonds is 7. The minimum Gasteiger partial charge on any atom is -0.496 e. The summed E-state index contributed by atoms with van der Waals surface area (Å²) in [5.74, 6) is 1.07. The van der Waals surface area contributed by atoms with Crippen molar-refractivity contribution in [3.05, 3.63) is 52.8 Å². The predicted octanol–water partition coefficient (Wildman–Crippen LogP) is 5.04. The molecule has 8 nitrogen and oxygen atoms in total. The van der Waals surface area contributed by atoms with Crippen molar-refractivity contribution in [2.45, 2.75) is 33.0 Å². The Morgan fingerprint density at radius 2 is 1.89 bits per heavy atom. The van der Waals surface area contributed by atoms with Crippen LogP contribution in [0, 0.1) is 6.92 Å². The van der Waals surface area contributed by atoms with E-state index in [-0.39, 0.29) is 5.91 Å². The summed E-state index contributed by atoms with van der Waals surface area (Å²) in [6.07, 6.45) is -4.48. The number of nitrogens with zero attached hydrogens (tertiary/aromatic N) is 3. The molecule has 1 atom stereocenters. The average Bonchev–Trinajstić information content (AvgIpc) is 2.87. The van der Waals surface area contributed by atoms with Crippen LogP contribution in [0.25, 0.3) is 10.9 Å². The van der Waals surface area contributed by atoms with E-state index in [0.717, 1.165) is 12.1 Å². The molecule has 4 rings (SSSR count). The van der Waals surface area contributed by atoms with Gasteiger partial charge in [0.15, 0.2) is 0 Å². The van der Waals surface area contributed by atoms with E-state index in [4.69, 9.17) is 9.47 Å². The molecule has 1 saturated heterocycles. The molecule has 0 radical (unpaired) electrons. The van der Waals surface area contributed by atoms with Crippen LogP contribution in [0.5, 0.6) is 5.75 Å². The smallest absolute Gasteiger partial charge is 0.416 e. The Kier molecular flexibility index (Phi) is 7.72. The van der Waals surface area contributed by atoms with E-state index in [1.165, 1.54) is 7.11 Å². The second-order valence-electron chi connectivity index (χ2n) is 8.83. The van der Waals surface area contributed by atoms with Crippen molar-refractivity contribution < 1.29 is 27.4 Å². The van der Waals surface area contributed by atoms with Crippen molar-refractivity contribution in [1.82, 2.24) is 14.9 Å². The van der Waals surface area contributed by atoms with Crippen LogP contribution in [-0.2, 0) is 10.9 Å². The Balaban J connectivity index is 1.72. The maximum absolute atomic E-state index is 13.5. The monoisotopic (exact) mass is 517 g/mol. The molecule has 0 spiro atoms. The second kappa shape index (κ2) is 10.8. The third-order valence-corrected chi connectivity index (χ3v) is 6.17. The van der Waals surface area contributed by atoms with Gasteiger partial charge >= 0.3 is 6.18 Å². The molecular formula is C26H30F3N5O3. The van der Waals surface area contributed by atoms with Gasteiger partial charge in [-0.25, -0.2) is 9.97 Å². The molecule has 1 unspecified atom stereocenters. The topological polar surface area (TPSA) is 88.6 Å². The first-order chi connectivity index (χ1) is 17.6. The Hall–Kier alpha value is -3.60. The van der Waals surface area contributed by atoms with Gasteiger partial charge < -0.3 is 25.0 Å². The Morgan fingerprint density at radius 1 is 1.16 bits per heavy atom. The molecule has 1 aliphatic heterocycles. The SMILES string of the molecule is CCNc1cc(C(C)Nc2nc(C)nc3cc(C(=O)N4CCOCC4)c(OC)cc23)cc(C(F)(F)F)c1. The van der Waals surface area contributed by atoms with Crippen LogP contribution >= 0.6 is 0 Å². The predicted molar refractivity (Wildman–Crippen MR) is 135 cm³/mol. The fraction of sp³-hybridized carbons (Fsp3) is 0.423. The molecule has 3 aromatic rings. The Labute approximate surface area is 213 Å². The number of morpholine rings is 1. The summed E-state index contributed by atoms with van der Waals surface area (Å²) in [5, 5.41) is 6.79. The molecule has 11 heteroatoms. The van der Waals surface area contributed by atoms with Crippen LogP contribution in [0.3, 0.4) is 0 Å². The normalized spacial score (nSPS) is 14.9. The Morgan fingerprint density at radius 3 is 2.54 bits per heavy atom. The quantitative estimate of drug-likeness (QED) is 0.454. The zero-order valence-corrected chi connectivity index (χ0v) is 21.2. The molecule has 1 aromatic heterocycles. The van der Waals surface area contributed by atoms with Gasteiger partial charge in [0.2, 0.25) is 0 Å². The van der Waals surface area contributed by atoms with E-state index in [0.29, 0.717) is 78.0 Å². The fourth-order valence-electron chi connectivity index (χ4n) is 4.31. The lowest BCUT2D eigenvalue weighted by atomic mass is 10.0. The number of carbonyl (C=O) groups is 1. The number of hydrogen-bond donors (Lipinski definition) is 2. The number of alkyl halides is 3. The van der Waals surface area contributed by atoms with Crippen LogP contribution in [0.1, 0.15) is 47.2 Å². The highest BCUT2D eigenvalue weighted by Gasteiger charge is 2.32. The van der Waals surface area contributed by atoms with Gasteiger partial charge in [-0.05, 0) is 56.7 Å². The third-order valence-electron chi connectivity index (χ3n) is 6.17. The number of carbonyl (C=O) groups excluding carboxylic acids is 1. The lowest BCUT2D eigenvalue weighted by Gasteiger charge is -2.27. The number of fused-ring (bicyclic) bond motifs is 1. The number of ether oxygens (including phenoxy) is 2. The summed E-state index contributed by atoms with van der Waals surface area (Å²) < 4.78 is 51.5. The molecule has 37 heavy (non-hydrogen) atoms. The molecule has 2 aromatic carbocycles. The van der Waals surface area contributed by atoms with Crippen LogP contribution in [0.15, 0.2) is 30.3 Å². The lowest BCUT2D eigenvalue weighted by Crippen LogP contribution is -2.40. The summed E-state index contributed by atoms with van der Waals surface area (Å²) in [4.78, 5) is 23.9. The standard InChI is InChI=1S/C26H30F3N5O3/c1-5-30-19-11-17(10-18(12-19)26(27,28)29)15(2)31-24-20-14-23(36-4)21(13-22(20)32-16(3)33-24)25(35)34-6-8-37-9-7-34/h10-15,30H,5-9H2,1-4H3,(H,31,32,33). The first-order valence-electron chi connectivity index (χ1n) is 12.1. The van der Waals surface area contributed by atoms with Crippen molar-refractivity contribution in [3.8, 4) is 5.75 Å². The van der Waals surface area contributed by atoms with Crippen molar-refractivity contribution in [3.63, 3.8) is 0 Å². The molecule has 0 aliphatic carbocycles. The second-order valence-corrected chi connectivity index (χ2v) is 8.83. The van der Waals surface area contributed by atoms with Gasteiger partial charge in [-0.2, -0.15) is 13.2 Å². The number of hydrogen-bond acceptors (Lipinski definition) is 7. The fourth-order valence-corrected chi connectivity index (χ4v) is 4.31. The largest absolute Gasteiger partial charge is 0.496 e. The van der Waals surface area contributed by atoms with Gasteiger partial charge in [-0.1, -0.05) is 0 Å². The first kappa shape index (κ1) is 26.5. The number of benzene rings is 2. The number of aromatic nitrogens is 2.